The molecule has 0 bridgehead atoms. The van der Waals surface area contributed by atoms with Gasteiger partial charge in [-0.1, -0.05) is 11.6 Å². The molecule has 0 aliphatic heterocycles. The molecule has 6 nitrogen and oxygen atoms in total. The van der Waals surface area contributed by atoms with Crippen LogP contribution in [0.15, 0.2) is 36.5 Å². The molecule has 2 aromatic rings. The molecule has 0 fully saturated rings. The molecule has 0 radical (unpaired) electrons. The Labute approximate surface area is 152 Å². The van der Waals surface area contributed by atoms with Crippen LogP contribution in [0.2, 0.25) is 5.02 Å². The van der Waals surface area contributed by atoms with Crippen molar-refractivity contribution in [1.29, 1.82) is 0 Å². The molecule has 1 heterocycles. The van der Waals surface area contributed by atoms with Crippen LogP contribution < -0.4 is 20.1 Å². The van der Waals surface area contributed by atoms with Gasteiger partial charge in [0.25, 0.3) is 0 Å². The standard InChI is InChI=1S/C18H22ClN3O3/c1-11(15-9-14(24-3)6-7-16(15)25-4)21-12(2)18(23)22-17-8-5-13(19)10-20-17/h5-12,21H,1-4H3,(H,20,22,23). The van der Waals surface area contributed by atoms with Crippen molar-refractivity contribution in [1.82, 2.24) is 10.3 Å². The maximum absolute atomic E-state index is 12.3. The van der Waals surface area contributed by atoms with E-state index in [4.69, 9.17) is 21.1 Å². The largest absolute Gasteiger partial charge is 0.497 e. The lowest BCUT2D eigenvalue weighted by molar-refractivity contribution is -0.118. The fraction of sp³-hybridized carbons (Fsp3) is 0.333. The molecule has 1 aromatic carbocycles. The van der Waals surface area contributed by atoms with Crippen LogP contribution in [-0.2, 0) is 4.79 Å². The van der Waals surface area contributed by atoms with Crippen molar-refractivity contribution < 1.29 is 14.3 Å². The monoisotopic (exact) mass is 363 g/mol. The van der Waals surface area contributed by atoms with Crippen LogP contribution in [0.3, 0.4) is 0 Å². The van der Waals surface area contributed by atoms with Gasteiger partial charge >= 0.3 is 0 Å². The van der Waals surface area contributed by atoms with E-state index in [0.29, 0.717) is 10.8 Å². The Balaban J connectivity index is 2.05. The van der Waals surface area contributed by atoms with Gasteiger partial charge in [0, 0.05) is 17.8 Å². The zero-order valence-corrected chi connectivity index (χ0v) is 15.4. The Morgan fingerprint density at radius 3 is 2.52 bits per heavy atom. The number of pyridine rings is 1. The van der Waals surface area contributed by atoms with Crippen molar-refractivity contribution in [2.45, 2.75) is 25.9 Å². The molecule has 25 heavy (non-hydrogen) atoms. The molecule has 2 unspecified atom stereocenters. The molecular weight excluding hydrogens is 342 g/mol. The van der Waals surface area contributed by atoms with Gasteiger partial charge in [-0.25, -0.2) is 4.98 Å². The average Bonchev–Trinajstić information content (AvgIpc) is 2.62. The van der Waals surface area contributed by atoms with Crippen LogP contribution in [0.25, 0.3) is 0 Å². The van der Waals surface area contributed by atoms with Gasteiger partial charge < -0.3 is 14.8 Å². The Morgan fingerprint density at radius 2 is 1.92 bits per heavy atom. The van der Waals surface area contributed by atoms with E-state index >= 15 is 0 Å². The fourth-order valence-corrected chi connectivity index (χ4v) is 2.51. The molecule has 134 valence electrons. The van der Waals surface area contributed by atoms with Crippen LogP contribution >= 0.6 is 11.6 Å². The predicted octanol–water partition coefficient (Wildman–Crippen LogP) is 3.43. The number of methoxy groups -OCH3 is 2. The Morgan fingerprint density at radius 1 is 1.16 bits per heavy atom. The molecule has 1 amide bonds. The molecule has 2 rings (SSSR count). The summed E-state index contributed by atoms with van der Waals surface area (Å²) in [5.74, 6) is 1.72. The molecule has 1 aromatic heterocycles. The lowest BCUT2D eigenvalue weighted by Gasteiger charge is -2.22. The van der Waals surface area contributed by atoms with E-state index in [1.807, 2.05) is 25.1 Å². The zero-order valence-electron chi connectivity index (χ0n) is 14.7. The first-order valence-corrected chi connectivity index (χ1v) is 8.22. The van der Waals surface area contributed by atoms with Crippen molar-refractivity contribution in [3.05, 3.63) is 47.1 Å². The maximum atomic E-state index is 12.3. The Kier molecular flexibility index (Phi) is 6.61. The smallest absolute Gasteiger partial charge is 0.242 e. The molecule has 0 spiro atoms. The first kappa shape index (κ1) is 19.0. The molecule has 0 saturated heterocycles. The number of benzene rings is 1. The minimum absolute atomic E-state index is 0.121. The summed E-state index contributed by atoms with van der Waals surface area (Å²) < 4.78 is 10.7. The van der Waals surface area contributed by atoms with Crippen molar-refractivity contribution in [3.63, 3.8) is 0 Å². The second-order valence-corrected chi connectivity index (χ2v) is 6.01. The number of hydrogen-bond donors (Lipinski definition) is 2. The highest BCUT2D eigenvalue weighted by molar-refractivity contribution is 6.30. The van der Waals surface area contributed by atoms with E-state index in [0.717, 1.165) is 17.1 Å². The molecular formula is C18H22ClN3O3. The quantitative estimate of drug-likeness (QED) is 0.788. The number of rotatable bonds is 7. The number of amides is 1. The van der Waals surface area contributed by atoms with Crippen LogP contribution in [0, 0.1) is 0 Å². The summed E-state index contributed by atoms with van der Waals surface area (Å²) in [7, 11) is 3.22. The van der Waals surface area contributed by atoms with Gasteiger partial charge in [-0.15, -0.1) is 0 Å². The van der Waals surface area contributed by atoms with Gasteiger partial charge in [0.2, 0.25) is 5.91 Å². The van der Waals surface area contributed by atoms with Crippen LogP contribution in [0.5, 0.6) is 11.5 Å². The predicted molar refractivity (Wildman–Crippen MR) is 98.4 cm³/mol. The molecule has 0 saturated carbocycles. The lowest BCUT2D eigenvalue weighted by Crippen LogP contribution is -2.39. The third kappa shape index (κ3) is 5.08. The van der Waals surface area contributed by atoms with Crippen molar-refractivity contribution in [2.24, 2.45) is 0 Å². The fourth-order valence-electron chi connectivity index (χ4n) is 2.40. The lowest BCUT2D eigenvalue weighted by atomic mass is 10.1. The highest BCUT2D eigenvalue weighted by Gasteiger charge is 2.19. The highest BCUT2D eigenvalue weighted by atomic mass is 35.5. The summed E-state index contributed by atoms with van der Waals surface area (Å²) in [4.78, 5) is 16.4. The number of ether oxygens (including phenoxy) is 2. The molecule has 7 heteroatoms. The maximum Gasteiger partial charge on any atom is 0.242 e. The van der Waals surface area contributed by atoms with E-state index in [1.54, 1.807) is 33.3 Å². The number of aromatic nitrogens is 1. The second-order valence-electron chi connectivity index (χ2n) is 5.57. The van der Waals surface area contributed by atoms with Crippen molar-refractivity contribution in [2.75, 3.05) is 19.5 Å². The third-order valence-corrected chi connectivity index (χ3v) is 4.00. The number of anilines is 1. The van der Waals surface area contributed by atoms with Gasteiger partial charge in [0.15, 0.2) is 0 Å². The highest BCUT2D eigenvalue weighted by Crippen LogP contribution is 2.29. The van der Waals surface area contributed by atoms with Crippen LogP contribution in [0.4, 0.5) is 5.82 Å². The topological polar surface area (TPSA) is 72.5 Å². The van der Waals surface area contributed by atoms with E-state index < -0.39 is 6.04 Å². The Hall–Kier alpha value is -2.31. The van der Waals surface area contributed by atoms with Gasteiger partial charge in [-0.3, -0.25) is 10.1 Å². The van der Waals surface area contributed by atoms with Crippen LogP contribution in [-0.4, -0.2) is 31.2 Å². The normalized spacial score (nSPS) is 13.0. The first-order chi connectivity index (χ1) is 11.9. The molecule has 2 atom stereocenters. The van der Waals surface area contributed by atoms with Crippen LogP contribution in [0.1, 0.15) is 25.5 Å². The summed E-state index contributed by atoms with van der Waals surface area (Å²) in [6, 6.07) is 8.33. The SMILES string of the molecule is COc1ccc(OC)c(C(C)NC(C)C(=O)Nc2ccc(Cl)cn2)c1. The number of hydrogen-bond acceptors (Lipinski definition) is 5. The van der Waals surface area contributed by atoms with E-state index in [-0.39, 0.29) is 11.9 Å². The average molecular weight is 364 g/mol. The molecule has 0 aliphatic carbocycles. The van der Waals surface area contributed by atoms with E-state index in [1.165, 1.54) is 6.20 Å². The van der Waals surface area contributed by atoms with Gasteiger partial charge in [-0.2, -0.15) is 0 Å². The summed E-state index contributed by atoms with van der Waals surface area (Å²) in [6.45, 7) is 3.75. The van der Waals surface area contributed by atoms with Gasteiger partial charge in [0.1, 0.15) is 17.3 Å². The summed E-state index contributed by atoms with van der Waals surface area (Å²) in [5.41, 5.74) is 0.908. The van der Waals surface area contributed by atoms with Crippen molar-refractivity contribution in [3.8, 4) is 11.5 Å². The summed E-state index contributed by atoms with van der Waals surface area (Å²) in [6.07, 6.45) is 1.49. The number of carbonyl (C=O) groups excluding carboxylic acids is 1. The van der Waals surface area contributed by atoms with Crippen molar-refractivity contribution >= 4 is 23.3 Å². The Bertz CT molecular complexity index is 722. The number of halogens is 1. The zero-order chi connectivity index (χ0) is 18.4. The summed E-state index contributed by atoms with van der Waals surface area (Å²) >= 11 is 5.79. The third-order valence-electron chi connectivity index (χ3n) is 3.78. The minimum Gasteiger partial charge on any atom is -0.497 e. The molecule has 2 N–H and O–H groups in total. The van der Waals surface area contributed by atoms with E-state index in [2.05, 4.69) is 15.6 Å². The number of nitrogens with zero attached hydrogens (tertiary/aromatic N) is 1. The van der Waals surface area contributed by atoms with Gasteiger partial charge in [0.05, 0.1) is 25.3 Å². The first-order valence-electron chi connectivity index (χ1n) is 7.85. The number of nitrogens with one attached hydrogen (secondary N) is 2. The second kappa shape index (κ2) is 8.69. The number of carbonyl (C=O) groups is 1. The van der Waals surface area contributed by atoms with Gasteiger partial charge in [-0.05, 0) is 44.2 Å². The summed E-state index contributed by atoms with van der Waals surface area (Å²) in [5, 5.41) is 6.52. The van der Waals surface area contributed by atoms with E-state index in [9.17, 15) is 4.79 Å². The molecule has 0 aliphatic rings. The minimum atomic E-state index is -0.441.